The van der Waals surface area contributed by atoms with Crippen molar-refractivity contribution < 1.29 is 0 Å². The van der Waals surface area contributed by atoms with Crippen LogP contribution in [0.25, 0.3) is 0 Å². The second kappa shape index (κ2) is 9.68. The summed E-state index contributed by atoms with van der Waals surface area (Å²) in [5.74, 6) is 0.789. The molecule has 0 atom stereocenters. The highest BCUT2D eigenvalue weighted by atomic mass is 127. The molecule has 0 aliphatic rings. The summed E-state index contributed by atoms with van der Waals surface area (Å²) in [5, 5.41) is 7.07. The molecular formula is C13H22ClIN4S. The fourth-order valence-electron chi connectivity index (χ4n) is 1.29. The number of rotatable bonds is 5. The van der Waals surface area contributed by atoms with Crippen LogP contribution in [0.3, 0.4) is 0 Å². The maximum absolute atomic E-state index is 5.75. The minimum atomic E-state index is 0. The number of halogens is 2. The molecule has 114 valence electrons. The molecule has 0 spiro atoms. The Labute approximate surface area is 147 Å². The van der Waals surface area contributed by atoms with Crippen molar-refractivity contribution in [1.29, 1.82) is 0 Å². The summed E-state index contributed by atoms with van der Waals surface area (Å²) >= 11 is 7.57. The van der Waals surface area contributed by atoms with Crippen molar-refractivity contribution >= 4 is 53.3 Å². The third kappa shape index (κ3) is 7.54. The van der Waals surface area contributed by atoms with Gasteiger partial charge in [0, 0.05) is 31.1 Å². The lowest BCUT2D eigenvalue weighted by molar-refractivity contribution is 0.664. The Hall–Kier alpha value is -0.210. The summed E-state index contributed by atoms with van der Waals surface area (Å²) in [7, 11) is 1.77. The van der Waals surface area contributed by atoms with Gasteiger partial charge in [-0.25, -0.2) is 4.98 Å². The van der Waals surface area contributed by atoms with Gasteiger partial charge in [-0.05, 0) is 31.7 Å². The van der Waals surface area contributed by atoms with Gasteiger partial charge in [-0.2, -0.15) is 11.8 Å². The number of nitrogens with one attached hydrogen (secondary N) is 2. The van der Waals surface area contributed by atoms with Crippen molar-refractivity contribution in [2.24, 2.45) is 4.99 Å². The van der Waals surface area contributed by atoms with Gasteiger partial charge in [-0.15, -0.1) is 24.0 Å². The lowest BCUT2D eigenvalue weighted by Crippen LogP contribution is -2.42. The number of thioether (sulfide) groups is 1. The fraction of sp³-hybridized carbons (Fsp3) is 0.538. The maximum atomic E-state index is 5.75. The molecule has 1 aromatic rings. The Kier molecular flexibility index (Phi) is 9.58. The molecule has 1 heterocycles. The lowest BCUT2D eigenvalue weighted by Gasteiger charge is -2.23. The first-order chi connectivity index (χ1) is 8.96. The Bertz CT molecular complexity index is 423. The number of hydrogen-bond acceptors (Lipinski definition) is 3. The van der Waals surface area contributed by atoms with E-state index in [4.69, 9.17) is 11.6 Å². The molecule has 1 rings (SSSR count). The van der Waals surface area contributed by atoms with Gasteiger partial charge >= 0.3 is 0 Å². The average Bonchev–Trinajstić information content (AvgIpc) is 2.41. The molecule has 0 unspecified atom stereocenters. The highest BCUT2D eigenvalue weighted by molar-refractivity contribution is 14.0. The van der Waals surface area contributed by atoms with Crippen LogP contribution in [0.2, 0.25) is 5.15 Å². The molecule has 20 heavy (non-hydrogen) atoms. The first-order valence-electron chi connectivity index (χ1n) is 6.07. The zero-order chi connectivity index (χ0) is 14.3. The van der Waals surface area contributed by atoms with E-state index in [0.29, 0.717) is 11.7 Å². The predicted octanol–water partition coefficient (Wildman–Crippen LogP) is 3.16. The smallest absolute Gasteiger partial charge is 0.191 e. The van der Waals surface area contributed by atoms with E-state index in [9.17, 15) is 0 Å². The molecule has 0 fully saturated rings. The van der Waals surface area contributed by atoms with E-state index in [2.05, 4.69) is 40.7 Å². The molecule has 0 amide bonds. The van der Waals surface area contributed by atoms with Crippen LogP contribution in [-0.2, 0) is 6.54 Å². The molecule has 0 saturated carbocycles. The average molecular weight is 429 g/mol. The summed E-state index contributed by atoms with van der Waals surface area (Å²) in [6, 6.07) is 3.73. The van der Waals surface area contributed by atoms with E-state index in [1.54, 1.807) is 19.3 Å². The monoisotopic (exact) mass is 428 g/mol. The maximum Gasteiger partial charge on any atom is 0.191 e. The van der Waals surface area contributed by atoms with Crippen LogP contribution in [0.5, 0.6) is 0 Å². The van der Waals surface area contributed by atoms with Gasteiger partial charge in [0.05, 0.1) is 0 Å². The number of hydrogen-bond donors (Lipinski definition) is 2. The predicted molar refractivity (Wildman–Crippen MR) is 100 cm³/mol. The minimum Gasteiger partial charge on any atom is -0.355 e. The van der Waals surface area contributed by atoms with Crippen molar-refractivity contribution in [3.05, 3.63) is 29.0 Å². The summed E-state index contributed by atoms with van der Waals surface area (Å²) in [4.78, 5) is 8.24. The van der Waals surface area contributed by atoms with Crippen LogP contribution in [-0.4, -0.2) is 35.5 Å². The van der Waals surface area contributed by atoms with E-state index < -0.39 is 0 Å². The van der Waals surface area contributed by atoms with Crippen LogP contribution < -0.4 is 10.6 Å². The molecule has 1 aromatic heterocycles. The quantitative estimate of drug-likeness (QED) is 0.327. The Balaban J connectivity index is 0.00000361. The van der Waals surface area contributed by atoms with E-state index in [1.807, 2.05) is 17.8 Å². The summed E-state index contributed by atoms with van der Waals surface area (Å²) < 4.78 is 0.180. The standard InChI is InChI=1S/C13H21ClN4S.HI/c1-13(2,19-4)9-18-12(15-3)17-8-10-5-6-11(14)16-7-10;/h5-7H,8-9H2,1-4H3,(H2,15,17,18);1H. The zero-order valence-electron chi connectivity index (χ0n) is 12.2. The molecule has 2 N–H and O–H groups in total. The third-order valence-electron chi connectivity index (χ3n) is 2.71. The van der Waals surface area contributed by atoms with Crippen molar-refractivity contribution in [1.82, 2.24) is 15.6 Å². The van der Waals surface area contributed by atoms with Crippen molar-refractivity contribution in [2.75, 3.05) is 19.8 Å². The second-order valence-electron chi connectivity index (χ2n) is 4.73. The topological polar surface area (TPSA) is 49.3 Å². The van der Waals surface area contributed by atoms with Gasteiger partial charge in [0.25, 0.3) is 0 Å². The summed E-state index contributed by atoms with van der Waals surface area (Å²) in [6.45, 7) is 5.92. The first kappa shape index (κ1) is 19.8. The van der Waals surface area contributed by atoms with Gasteiger partial charge in [0.15, 0.2) is 5.96 Å². The molecule has 0 aliphatic heterocycles. The van der Waals surface area contributed by atoms with Crippen molar-refractivity contribution in [3.63, 3.8) is 0 Å². The fourth-order valence-corrected chi connectivity index (χ4v) is 1.61. The highest BCUT2D eigenvalue weighted by Gasteiger charge is 2.15. The van der Waals surface area contributed by atoms with Crippen LogP contribution in [0.1, 0.15) is 19.4 Å². The van der Waals surface area contributed by atoms with E-state index in [1.165, 1.54) is 0 Å². The van der Waals surface area contributed by atoms with Gasteiger partial charge in [-0.3, -0.25) is 4.99 Å². The van der Waals surface area contributed by atoms with Crippen LogP contribution in [0.15, 0.2) is 23.3 Å². The van der Waals surface area contributed by atoms with Crippen molar-refractivity contribution in [3.8, 4) is 0 Å². The van der Waals surface area contributed by atoms with Gasteiger partial charge in [0.2, 0.25) is 0 Å². The molecule has 0 aromatic carbocycles. The zero-order valence-corrected chi connectivity index (χ0v) is 16.1. The number of pyridine rings is 1. The number of aromatic nitrogens is 1. The largest absolute Gasteiger partial charge is 0.355 e. The van der Waals surface area contributed by atoms with Gasteiger partial charge in [-0.1, -0.05) is 17.7 Å². The van der Waals surface area contributed by atoms with Crippen LogP contribution in [0, 0.1) is 0 Å². The summed E-state index contributed by atoms with van der Waals surface area (Å²) in [6.07, 6.45) is 3.87. The molecule has 0 bridgehead atoms. The summed E-state index contributed by atoms with van der Waals surface area (Å²) in [5.41, 5.74) is 1.07. The van der Waals surface area contributed by atoms with E-state index in [-0.39, 0.29) is 28.7 Å². The second-order valence-corrected chi connectivity index (χ2v) is 6.63. The van der Waals surface area contributed by atoms with E-state index >= 15 is 0 Å². The van der Waals surface area contributed by atoms with E-state index in [0.717, 1.165) is 18.1 Å². The number of aliphatic imine (C=N–C) groups is 1. The normalized spacial score (nSPS) is 11.8. The molecule has 4 nitrogen and oxygen atoms in total. The third-order valence-corrected chi connectivity index (χ3v) is 4.18. The van der Waals surface area contributed by atoms with Crippen LogP contribution >= 0.6 is 47.3 Å². The molecule has 0 aliphatic carbocycles. The Morgan fingerprint density at radius 2 is 2.10 bits per heavy atom. The first-order valence-corrected chi connectivity index (χ1v) is 7.67. The molecular weight excluding hydrogens is 407 g/mol. The lowest BCUT2D eigenvalue weighted by atomic mass is 10.2. The number of nitrogens with zero attached hydrogens (tertiary/aromatic N) is 2. The highest BCUT2D eigenvalue weighted by Crippen LogP contribution is 2.19. The Morgan fingerprint density at radius 3 is 2.60 bits per heavy atom. The van der Waals surface area contributed by atoms with Gasteiger partial charge in [0.1, 0.15) is 5.15 Å². The van der Waals surface area contributed by atoms with Gasteiger partial charge < -0.3 is 10.6 Å². The molecule has 0 saturated heterocycles. The molecule has 7 heteroatoms. The Morgan fingerprint density at radius 1 is 1.40 bits per heavy atom. The SMILES string of the molecule is CN=C(NCc1ccc(Cl)nc1)NCC(C)(C)SC.I. The van der Waals surface area contributed by atoms with Crippen LogP contribution in [0.4, 0.5) is 0 Å². The van der Waals surface area contributed by atoms with Crippen molar-refractivity contribution in [2.45, 2.75) is 25.1 Å². The number of guanidine groups is 1. The minimum absolute atomic E-state index is 0. The molecule has 0 radical (unpaired) electrons.